The summed E-state index contributed by atoms with van der Waals surface area (Å²) in [5.41, 5.74) is 1.61. The highest BCUT2D eigenvalue weighted by atomic mass is 32.2. The van der Waals surface area contributed by atoms with E-state index in [9.17, 15) is 9.59 Å². The fourth-order valence-corrected chi connectivity index (χ4v) is 4.61. The van der Waals surface area contributed by atoms with E-state index in [-0.39, 0.29) is 18.8 Å². The molecule has 0 saturated carbocycles. The molecular weight excluding hydrogens is 336 g/mol. The van der Waals surface area contributed by atoms with Crippen LogP contribution in [0.1, 0.15) is 30.2 Å². The summed E-state index contributed by atoms with van der Waals surface area (Å²) in [7, 11) is 0. The number of nitrogens with zero attached hydrogens (tertiary/aromatic N) is 1. The largest absolute Gasteiger partial charge is 0.372 e. The fraction of sp³-hybridized carbons (Fsp3) is 0.474. The van der Waals surface area contributed by atoms with Gasteiger partial charge in [0.2, 0.25) is 5.91 Å². The van der Waals surface area contributed by atoms with E-state index < -0.39 is 0 Å². The van der Waals surface area contributed by atoms with Gasteiger partial charge in [0.15, 0.2) is 0 Å². The number of rotatable bonds is 4. The summed E-state index contributed by atoms with van der Waals surface area (Å²) in [4.78, 5) is 25.9. The number of benzene rings is 1. The normalized spacial score (nSPS) is 23.3. The predicted molar refractivity (Wildman–Crippen MR) is 102 cm³/mol. The van der Waals surface area contributed by atoms with Crippen LogP contribution in [0, 0.1) is 0 Å². The molecule has 5 nitrogen and oxygen atoms in total. The number of carbonyl (C=O) groups is 2. The average molecular weight is 362 g/mol. The van der Waals surface area contributed by atoms with Crippen LogP contribution in [0.5, 0.6) is 0 Å². The molecule has 2 aliphatic heterocycles. The topological polar surface area (TPSA) is 58.6 Å². The quantitative estimate of drug-likeness (QED) is 0.836. The molecule has 2 amide bonds. The Kier molecular flexibility index (Phi) is 5.81. The van der Waals surface area contributed by atoms with Gasteiger partial charge in [-0.2, -0.15) is 11.8 Å². The summed E-state index contributed by atoms with van der Waals surface area (Å²) in [6.45, 7) is 5.85. The van der Waals surface area contributed by atoms with Crippen LogP contribution in [0.15, 0.2) is 36.9 Å². The maximum Gasteiger partial charge on any atom is 0.253 e. The van der Waals surface area contributed by atoms with E-state index in [0.717, 1.165) is 36.5 Å². The molecule has 6 heteroatoms. The molecule has 1 atom stereocenters. The van der Waals surface area contributed by atoms with Crippen molar-refractivity contribution in [2.45, 2.75) is 25.0 Å². The van der Waals surface area contributed by atoms with Gasteiger partial charge in [0.05, 0.1) is 12.2 Å². The minimum absolute atomic E-state index is 0. The third-order valence-corrected chi connectivity index (χ3v) is 6.04. The molecule has 2 aliphatic rings. The van der Waals surface area contributed by atoms with Crippen LogP contribution < -0.4 is 5.32 Å². The van der Waals surface area contributed by atoms with E-state index in [0.29, 0.717) is 25.3 Å². The molecule has 136 valence electrons. The van der Waals surface area contributed by atoms with E-state index in [1.54, 1.807) is 0 Å². The molecule has 1 spiro atoms. The van der Waals surface area contributed by atoms with Crippen molar-refractivity contribution >= 4 is 23.6 Å². The molecule has 3 rings (SSSR count). The monoisotopic (exact) mass is 362 g/mol. The molecule has 0 aliphatic carbocycles. The zero-order valence-electron chi connectivity index (χ0n) is 14.3. The van der Waals surface area contributed by atoms with Gasteiger partial charge in [0.25, 0.3) is 5.91 Å². The summed E-state index contributed by atoms with van der Waals surface area (Å²) in [5, 5.41) is 2.73. The number of thioether (sulfide) groups is 1. The number of nitrogens with one attached hydrogen (secondary N) is 1. The Morgan fingerprint density at radius 3 is 2.80 bits per heavy atom. The lowest BCUT2D eigenvalue weighted by atomic mass is 9.99. The highest BCUT2D eigenvalue weighted by molar-refractivity contribution is 7.99. The van der Waals surface area contributed by atoms with Crippen molar-refractivity contribution in [3.8, 4) is 0 Å². The summed E-state index contributed by atoms with van der Waals surface area (Å²) in [5.74, 6) is 2.04. The molecule has 0 radical (unpaired) electrons. The molecule has 2 heterocycles. The van der Waals surface area contributed by atoms with Gasteiger partial charge < -0.3 is 15.0 Å². The zero-order valence-corrected chi connectivity index (χ0v) is 15.1. The lowest BCUT2D eigenvalue weighted by molar-refractivity contribution is -0.116. The minimum atomic E-state index is -0.205. The van der Waals surface area contributed by atoms with Crippen molar-refractivity contribution < 1.29 is 15.8 Å². The first-order chi connectivity index (χ1) is 12.1. The fourth-order valence-electron chi connectivity index (χ4n) is 3.21. The summed E-state index contributed by atoms with van der Waals surface area (Å²) in [6.07, 6.45) is 3.25. The molecule has 1 aromatic carbocycles. The van der Waals surface area contributed by atoms with Crippen LogP contribution in [-0.2, 0) is 16.1 Å². The van der Waals surface area contributed by atoms with Crippen molar-refractivity contribution in [1.29, 1.82) is 0 Å². The van der Waals surface area contributed by atoms with Crippen LogP contribution >= 0.6 is 11.8 Å². The molecule has 1 unspecified atom stereocenters. The summed E-state index contributed by atoms with van der Waals surface area (Å²) in [6, 6.07) is 7.40. The summed E-state index contributed by atoms with van der Waals surface area (Å²) >= 11 is 1.94. The van der Waals surface area contributed by atoms with E-state index >= 15 is 0 Å². The van der Waals surface area contributed by atoms with Crippen molar-refractivity contribution in [1.82, 2.24) is 10.2 Å². The SMILES string of the molecule is C=CC(=O)NCc1ccc(C(=O)N2CCOC3(CCSC3)CC2)cc1.[HH]. The standard InChI is InChI=1S/C19H24N2O3S.H2/c1-2-17(22)20-13-15-3-5-16(6-4-15)18(23)21-9-7-19(24-11-10-21)8-12-25-14-19;/h2-6H,1,7-14H2,(H,20,22);1H. The van der Waals surface area contributed by atoms with E-state index in [1.165, 1.54) is 6.08 Å². The predicted octanol–water partition coefficient (Wildman–Crippen LogP) is 2.47. The lowest BCUT2D eigenvalue weighted by Gasteiger charge is -2.26. The summed E-state index contributed by atoms with van der Waals surface area (Å²) < 4.78 is 6.09. The highest BCUT2D eigenvalue weighted by Gasteiger charge is 2.38. The van der Waals surface area contributed by atoms with Gasteiger partial charge in [-0.25, -0.2) is 0 Å². The van der Waals surface area contributed by atoms with Gasteiger partial charge in [-0.1, -0.05) is 18.7 Å². The van der Waals surface area contributed by atoms with Crippen molar-refractivity contribution in [2.75, 3.05) is 31.2 Å². The Labute approximate surface area is 154 Å². The van der Waals surface area contributed by atoms with Crippen LogP contribution in [-0.4, -0.2) is 53.5 Å². The molecule has 2 saturated heterocycles. The smallest absolute Gasteiger partial charge is 0.253 e. The number of amides is 2. The Morgan fingerprint density at radius 2 is 2.12 bits per heavy atom. The first-order valence-corrected chi connectivity index (χ1v) is 9.78. The molecule has 1 aromatic rings. The van der Waals surface area contributed by atoms with Gasteiger partial charge in [-0.15, -0.1) is 0 Å². The number of carbonyl (C=O) groups excluding carboxylic acids is 2. The Bertz CT molecular complexity index is 645. The molecule has 2 fully saturated rings. The maximum atomic E-state index is 12.8. The van der Waals surface area contributed by atoms with E-state index in [4.69, 9.17) is 4.74 Å². The van der Waals surface area contributed by atoms with E-state index in [2.05, 4.69) is 11.9 Å². The highest BCUT2D eigenvalue weighted by Crippen LogP contribution is 2.35. The maximum absolute atomic E-state index is 12.8. The van der Waals surface area contributed by atoms with Crippen LogP contribution in [0.4, 0.5) is 0 Å². The zero-order chi connectivity index (χ0) is 17.7. The van der Waals surface area contributed by atoms with Crippen molar-refractivity contribution in [3.63, 3.8) is 0 Å². The van der Waals surface area contributed by atoms with E-state index in [1.807, 2.05) is 40.9 Å². The van der Waals surface area contributed by atoms with Crippen LogP contribution in [0.25, 0.3) is 0 Å². The first kappa shape index (κ1) is 18.0. The lowest BCUT2D eigenvalue weighted by Crippen LogP contribution is -2.35. The van der Waals surface area contributed by atoms with Gasteiger partial charge in [-0.05, 0) is 42.4 Å². The minimum Gasteiger partial charge on any atom is -0.372 e. The Hall–Kier alpha value is -1.79. The number of hydrogen-bond acceptors (Lipinski definition) is 4. The molecule has 0 bridgehead atoms. The number of ether oxygens (including phenoxy) is 1. The van der Waals surface area contributed by atoms with Crippen LogP contribution in [0.3, 0.4) is 0 Å². The average Bonchev–Trinajstić information content (AvgIpc) is 3.00. The third kappa shape index (κ3) is 4.44. The molecule has 1 N–H and O–H groups in total. The van der Waals surface area contributed by atoms with Gasteiger partial charge >= 0.3 is 0 Å². The third-order valence-electron chi connectivity index (χ3n) is 4.81. The Balaban J connectivity index is 0.00000243. The Morgan fingerprint density at radius 1 is 1.32 bits per heavy atom. The molecular formula is C19H26N2O3S. The first-order valence-electron chi connectivity index (χ1n) is 8.62. The molecule has 25 heavy (non-hydrogen) atoms. The van der Waals surface area contributed by atoms with Gasteiger partial charge in [0.1, 0.15) is 0 Å². The second-order valence-corrected chi connectivity index (χ2v) is 7.60. The van der Waals surface area contributed by atoms with Crippen LogP contribution in [0.2, 0.25) is 0 Å². The van der Waals surface area contributed by atoms with Crippen molar-refractivity contribution in [2.24, 2.45) is 0 Å². The molecule has 0 aromatic heterocycles. The van der Waals surface area contributed by atoms with Gasteiger partial charge in [-0.3, -0.25) is 9.59 Å². The van der Waals surface area contributed by atoms with Crippen molar-refractivity contribution in [3.05, 3.63) is 48.0 Å². The number of hydrogen-bond donors (Lipinski definition) is 1. The van der Waals surface area contributed by atoms with Gasteiger partial charge in [0, 0.05) is 32.4 Å². The second kappa shape index (κ2) is 8.06. The second-order valence-electron chi connectivity index (χ2n) is 6.50.